The maximum Gasteiger partial charge on any atom is 0.410 e. The van der Waals surface area contributed by atoms with Gasteiger partial charge in [0, 0.05) is 32.4 Å². The van der Waals surface area contributed by atoms with Gasteiger partial charge in [-0.2, -0.15) is 0 Å². The predicted octanol–water partition coefficient (Wildman–Crippen LogP) is 1.53. The highest BCUT2D eigenvalue weighted by Crippen LogP contribution is 2.14. The van der Waals surface area contributed by atoms with E-state index in [0.29, 0.717) is 13.1 Å². The highest BCUT2D eigenvalue weighted by atomic mass is 16.6. The van der Waals surface area contributed by atoms with Gasteiger partial charge in [-0.15, -0.1) is 0 Å². The van der Waals surface area contributed by atoms with Crippen molar-refractivity contribution >= 4 is 11.9 Å². The second-order valence-electron chi connectivity index (χ2n) is 5.52. The zero-order valence-corrected chi connectivity index (χ0v) is 11.7. The SMILES string of the molecule is CC(C)(C)OC(=O)N1CCN(c2ccncn2)CC1. The summed E-state index contributed by atoms with van der Waals surface area (Å²) in [4.78, 5) is 23.9. The van der Waals surface area contributed by atoms with Crippen LogP contribution in [0.3, 0.4) is 0 Å². The van der Waals surface area contributed by atoms with E-state index in [4.69, 9.17) is 4.74 Å². The first kappa shape index (κ1) is 13.6. The van der Waals surface area contributed by atoms with Crippen molar-refractivity contribution < 1.29 is 9.53 Å². The highest BCUT2D eigenvalue weighted by Gasteiger charge is 2.26. The zero-order valence-electron chi connectivity index (χ0n) is 11.7. The van der Waals surface area contributed by atoms with Gasteiger partial charge in [0.05, 0.1) is 0 Å². The average molecular weight is 264 g/mol. The third-order valence-electron chi connectivity index (χ3n) is 2.82. The minimum atomic E-state index is -0.444. The van der Waals surface area contributed by atoms with Crippen molar-refractivity contribution in [1.82, 2.24) is 14.9 Å². The lowest BCUT2D eigenvalue weighted by atomic mass is 10.2. The molecule has 0 saturated carbocycles. The van der Waals surface area contributed by atoms with Gasteiger partial charge in [0.2, 0.25) is 0 Å². The number of hydrogen-bond donors (Lipinski definition) is 0. The van der Waals surface area contributed by atoms with Crippen LogP contribution < -0.4 is 4.90 Å². The summed E-state index contributed by atoms with van der Waals surface area (Å²) in [5, 5.41) is 0. The van der Waals surface area contributed by atoms with Crippen LogP contribution in [0.25, 0.3) is 0 Å². The molecule has 104 valence electrons. The van der Waals surface area contributed by atoms with E-state index in [2.05, 4.69) is 14.9 Å². The Hall–Kier alpha value is -1.85. The molecule has 1 fully saturated rings. The topological polar surface area (TPSA) is 58.6 Å². The van der Waals surface area contributed by atoms with Crippen molar-refractivity contribution in [3.8, 4) is 0 Å². The third-order valence-corrected chi connectivity index (χ3v) is 2.82. The molecule has 0 bridgehead atoms. The van der Waals surface area contributed by atoms with Crippen LogP contribution in [-0.4, -0.2) is 52.7 Å². The zero-order chi connectivity index (χ0) is 13.9. The van der Waals surface area contributed by atoms with Gasteiger partial charge in [-0.05, 0) is 26.8 Å². The summed E-state index contributed by atoms with van der Waals surface area (Å²) in [6.07, 6.45) is 3.02. The molecule has 1 amide bonds. The van der Waals surface area contributed by atoms with E-state index >= 15 is 0 Å². The number of rotatable bonds is 1. The Morgan fingerprint density at radius 3 is 2.47 bits per heavy atom. The number of piperazine rings is 1. The minimum absolute atomic E-state index is 0.241. The van der Waals surface area contributed by atoms with Crippen molar-refractivity contribution in [2.45, 2.75) is 26.4 Å². The van der Waals surface area contributed by atoms with E-state index in [1.807, 2.05) is 26.8 Å². The number of carbonyl (C=O) groups is 1. The molecule has 1 aromatic heterocycles. The van der Waals surface area contributed by atoms with Gasteiger partial charge in [-0.1, -0.05) is 0 Å². The van der Waals surface area contributed by atoms with Crippen LogP contribution in [0.2, 0.25) is 0 Å². The lowest BCUT2D eigenvalue weighted by Gasteiger charge is -2.36. The Morgan fingerprint density at radius 2 is 1.95 bits per heavy atom. The van der Waals surface area contributed by atoms with Gasteiger partial charge < -0.3 is 14.5 Å². The summed E-state index contributed by atoms with van der Waals surface area (Å²) in [7, 11) is 0. The molecular formula is C13H20N4O2. The van der Waals surface area contributed by atoms with Gasteiger partial charge in [0.1, 0.15) is 17.7 Å². The number of amides is 1. The summed E-state index contributed by atoms with van der Waals surface area (Å²) in [5.41, 5.74) is -0.444. The number of carbonyl (C=O) groups excluding carboxylic acids is 1. The molecule has 6 heteroatoms. The molecule has 0 aliphatic carbocycles. The maximum atomic E-state index is 11.9. The number of aromatic nitrogens is 2. The molecule has 1 saturated heterocycles. The Kier molecular flexibility index (Phi) is 3.87. The lowest BCUT2D eigenvalue weighted by molar-refractivity contribution is 0.0240. The number of hydrogen-bond acceptors (Lipinski definition) is 5. The van der Waals surface area contributed by atoms with Gasteiger partial charge in [0.15, 0.2) is 0 Å². The van der Waals surface area contributed by atoms with E-state index in [-0.39, 0.29) is 6.09 Å². The fourth-order valence-electron chi connectivity index (χ4n) is 1.92. The van der Waals surface area contributed by atoms with Gasteiger partial charge >= 0.3 is 6.09 Å². The molecule has 0 unspecified atom stereocenters. The Bertz CT molecular complexity index is 422. The summed E-state index contributed by atoms with van der Waals surface area (Å²) in [5.74, 6) is 0.902. The van der Waals surface area contributed by atoms with Crippen molar-refractivity contribution in [2.75, 3.05) is 31.1 Å². The van der Waals surface area contributed by atoms with Gasteiger partial charge in [0.25, 0.3) is 0 Å². The first-order chi connectivity index (χ1) is 8.96. The van der Waals surface area contributed by atoms with Crippen LogP contribution in [0.5, 0.6) is 0 Å². The normalized spacial score (nSPS) is 16.4. The Labute approximate surface area is 113 Å². The van der Waals surface area contributed by atoms with Crippen molar-refractivity contribution in [1.29, 1.82) is 0 Å². The smallest absolute Gasteiger partial charge is 0.410 e. The molecule has 1 aromatic rings. The van der Waals surface area contributed by atoms with E-state index < -0.39 is 5.60 Å². The van der Waals surface area contributed by atoms with Crippen molar-refractivity contribution in [2.24, 2.45) is 0 Å². The number of anilines is 1. The van der Waals surface area contributed by atoms with Crippen LogP contribution in [-0.2, 0) is 4.74 Å². The first-order valence-corrected chi connectivity index (χ1v) is 6.44. The van der Waals surface area contributed by atoms with Crippen LogP contribution in [0.15, 0.2) is 18.6 Å². The fourth-order valence-corrected chi connectivity index (χ4v) is 1.92. The maximum absolute atomic E-state index is 11.9. The molecule has 6 nitrogen and oxygen atoms in total. The molecule has 1 aliphatic rings. The number of nitrogens with zero attached hydrogens (tertiary/aromatic N) is 4. The number of ether oxygens (including phenoxy) is 1. The Morgan fingerprint density at radius 1 is 1.26 bits per heavy atom. The van der Waals surface area contributed by atoms with Gasteiger partial charge in [-0.25, -0.2) is 14.8 Å². The largest absolute Gasteiger partial charge is 0.444 e. The fraction of sp³-hybridized carbons (Fsp3) is 0.615. The van der Waals surface area contributed by atoms with Crippen LogP contribution >= 0.6 is 0 Å². The predicted molar refractivity (Wildman–Crippen MR) is 72.1 cm³/mol. The highest BCUT2D eigenvalue weighted by molar-refractivity contribution is 5.68. The molecule has 1 aliphatic heterocycles. The second-order valence-corrected chi connectivity index (χ2v) is 5.52. The van der Waals surface area contributed by atoms with Crippen molar-refractivity contribution in [3.63, 3.8) is 0 Å². The monoisotopic (exact) mass is 264 g/mol. The summed E-state index contributed by atoms with van der Waals surface area (Å²) >= 11 is 0. The van der Waals surface area contributed by atoms with Gasteiger partial charge in [-0.3, -0.25) is 0 Å². The molecule has 0 radical (unpaired) electrons. The summed E-state index contributed by atoms with van der Waals surface area (Å²) < 4.78 is 5.36. The van der Waals surface area contributed by atoms with Crippen LogP contribution in [0.1, 0.15) is 20.8 Å². The molecule has 0 spiro atoms. The van der Waals surface area contributed by atoms with E-state index in [0.717, 1.165) is 18.9 Å². The van der Waals surface area contributed by atoms with E-state index in [1.165, 1.54) is 6.33 Å². The van der Waals surface area contributed by atoms with E-state index in [1.54, 1.807) is 11.1 Å². The van der Waals surface area contributed by atoms with Crippen LogP contribution in [0, 0.1) is 0 Å². The molecule has 0 N–H and O–H groups in total. The summed E-state index contributed by atoms with van der Waals surface area (Å²) in [6, 6.07) is 1.88. The first-order valence-electron chi connectivity index (χ1n) is 6.44. The molecule has 2 heterocycles. The molecule has 2 rings (SSSR count). The average Bonchev–Trinajstić information content (AvgIpc) is 2.38. The molecular weight excluding hydrogens is 244 g/mol. The summed E-state index contributed by atoms with van der Waals surface area (Å²) in [6.45, 7) is 8.45. The molecule has 0 aromatic carbocycles. The minimum Gasteiger partial charge on any atom is -0.444 e. The van der Waals surface area contributed by atoms with Crippen molar-refractivity contribution in [3.05, 3.63) is 18.6 Å². The molecule has 0 atom stereocenters. The quantitative estimate of drug-likeness (QED) is 0.770. The Balaban J connectivity index is 1.88. The third kappa shape index (κ3) is 3.81. The lowest BCUT2D eigenvalue weighted by Crippen LogP contribution is -2.50. The second kappa shape index (κ2) is 5.42. The molecule has 19 heavy (non-hydrogen) atoms. The standard InChI is InChI=1S/C13H20N4O2/c1-13(2,3)19-12(18)17-8-6-16(7-9-17)11-4-5-14-10-15-11/h4-5,10H,6-9H2,1-3H3. The van der Waals surface area contributed by atoms with E-state index in [9.17, 15) is 4.79 Å². The van der Waals surface area contributed by atoms with Crippen LogP contribution in [0.4, 0.5) is 10.6 Å².